The molecule has 0 N–H and O–H groups in total. The highest BCUT2D eigenvalue weighted by Crippen LogP contribution is 2.36. The van der Waals surface area contributed by atoms with Gasteiger partial charge in [0, 0.05) is 32.4 Å². The van der Waals surface area contributed by atoms with Crippen LogP contribution in [0.5, 0.6) is 0 Å². The molecule has 3 aromatic rings. The summed E-state index contributed by atoms with van der Waals surface area (Å²) in [5.74, 6) is 0.161. The maximum atomic E-state index is 14.0. The second-order valence-electron chi connectivity index (χ2n) is 7.95. The van der Waals surface area contributed by atoms with Crippen LogP contribution in [0.4, 0.5) is 10.3 Å². The van der Waals surface area contributed by atoms with Gasteiger partial charge >= 0.3 is 0 Å². The zero-order chi connectivity index (χ0) is 22.0. The molecule has 3 heterocycles. The molecule has 4 rings (SSSR count). The molecule has 0 bridgehead atoms. The second kappa shape index (κ2) is 8.79. The number of amides is 1. The summed E-state index contributed by atoms with van der Waals surface area (Å²) < 4.78 is 18.7. The quantitative estimate of drug-likeness (QED) is 0.621. The number of carbonyl (C=O) groups is 1. The van der Waals surface area contributed by atoms with Crippen molar-refractivity contribution in [1.29, 1.82) is 0 Å². The van der Waals surface area contributed by atoms with E-state index in [1.165, 1.54) is 12.1 Å². The van der Waals surface area contributed by atoms with Crippen LogP contribution in [0.1, 0.15) is 42.4 Å². The van der Waals surface area contributed by atoms with Crippen molar-refractivity contribution in [2.75, 3.05) is 25.5 Å². The normalized spacial score (nSPS) is 16.4. The maximum absolute atomic E-state index is 14.0. The van der Waals surface area contributed by atoms with Gasteiger partial charge in [-0.1, -0.05) is 22.4 Å². The number of piperidine rings is 1. The van der Waals surface area contributed by atoms with Gasteiger partial charge in [0.2, 0.25) is 11.9 Å². The number of aryl methyl sites for hydroxylation is 1. The highest BCUT2D eigenvalue weighted by Gasteiger charge is 2.32. The van der Waals surface area contributed by atoms with E-state index in [9.17, 15) is 9.18 Å². The van der Waals surface area contributed by atoms with Crippen molar-refractivity contribution in [1.82, 2.24) is 25.2 Å². The van der Waals surface area contributed by atoms with Crippen LogP contribution in [0.2, 0.25) is 0 Å². The first-order chi connectivity index (χ1) is 14.9. The number of aromatic nitrogens is 4. The number of anilines is 1. The Bertz CT molecular complexity index is 1080. The molecule has 0 spiro atoms. The molecule has 0 aliphatic carbocycles. The molecule has 1 saturated heterocycles. The topological polar surface area (TPSA) is 88.2 Å². The molecule has 1 amide bonds. The molecular formula is C22H25FN6O2. The highest BCUT2D eigenvalue weighted by atomic mass is 19.1. The first kappa shape index (κ1) is 20.9. The molecule has 1 unspecified atom stereocenters. The van der Waals surface area contributed by atoms with Crippen molar-refractivity contribution in [3.8, 4) is 11.1 Å². The van der Waals surface area contributed by atoms with Gasteiger partial charge in [-0.25, -0.2) is 19.0 Å². The summed E-state index contributed by atoms with van der Waals surface area (Å²) in [6.07, 6.45) is 4.50. The van der Waals surface area contributed by atoms with Gasteiger partial charge < -0.3 is 9.80 Å². The standard InChI is InChI=1S/C22H25FN6O2/c1-14-18(27-31-26-14)12-20(30)29-10-5-4-9-19(29)21-17(13-24-22(25-21)28(2)3)15-7-6-8-16(23)11-15/h6-8,11,13,19H,4-5,9-10,12H2,1-3H3. The van der Waals surface area contributed by atoms with Gasteiger partial charge in [-0.2, -0.15) is 0 Å². The van der Waals surface area contributed by atoms with Crippen LogP contribution in [0, 0.1) is 12.7 Å². The molecule has 0 radical (unpaired) electrons. The van der Waals surface area contributed by atoms with Crippen molar-refractivity contribution < 1.29 is 13.8 Å². The van der Waals surface area contributed by atoms with Gasteiger partial charge in [0.1, 0.15) is 17.2 Å². The van der Waals surface area contributed by atoms with Gasteiger partial charge in [0.15, 0.2) is 0 Å². The van der Waals surface area contributed by atoms with Gasteiger partial charge in [0.25, 0.3) is 0 Å². The van der Waals surface area contributed by atoms with Crippen molar-refractivity contribution in [3.63, 3.8) is 0 Å². The Morgan fingerprint density at radius 2 is 2.13 bits per heavy atom. The molecule has 1 fully saturated rings. The Morgan fingerprint density at radius 1 is 1.29 bits per heavy atom. The van der Waals surface area contributed by atoms with Crippen molar-refractivity contribution in [3.05, 3.63) is 53.4 Å². The van der Waals surface area contributed by atoms with Crippen LogP contribution in [0.3, 0.4) is 0 Å². The lowest BCUT2D eigenvalue weighted by molar-refractivity contribution is -0.134. The molecule has 1 aliphatic rings. The van der Waals surface area contributed by atoms with E-state index in [1.54, 1.807) is 19.2 Å². The molecular weight excluding hydrogens is 399 g/mol. The van der Waals surface area contributed by atoms with E-state index in [2.05, 4.69) is 15.3 Å². The zero-order valence-corrected chi connectivity index (χ0v) is 17.9. The lowest BCUT2D eigenvalue weighted by atomic mass is 9.93. The molecule has 31 heavy (non-hydrogen) atoms. The van der Waals surface area contributed by atoms with E-state index in [-0.39, 0.29) is 24.2 Å². The number of hydrogen-bond acceptors (Lipinski definition) is 7. The minimum absolute atomic E-state index is 0.0568. The number of hydrogen-bond donors (Lipinski definition) is 0. The van der Waals surface area contributed by atoms with Crippen LogP contribution in [-0.2, 0) is 11.2 Å². The molecule has 9 heteroatoms. The number of rotatable bonds is 5. The van der Waals surface area contributed by atoms with Crippen LogP contribution in [-0.4, -0.2) is 51.7 Å². The zero-order valence-electron chi connectivity index (χ0n) is 17.9. The van der Waals surface area contributed by atoms with Crippen LogP contribution >= 0.6 is 0 Å². The highest BCUT2D eigenvalue weighted by molar-refractivity contribution is 5.79. The summed E-state index contributed by atoms with van der Waals surface area (Å²) in [5.41, 5.74) is 3.30. The smallest absolute Gasteiger partial charge is 0.229 e. The van der Waals surface area contributed by atoms with Crippen LogP contribution < -0.4 is 4.90 Å². The Morgan fingerprint density at radius 3 is 2.84 bits per heavy atom. The molecule has 1 aliphatic heterocycles. The first-order valence-electron chi connectivity index (χ1n) is 10.3. The molecule has 1 atom stereocenters. The SMILES string of the molecule is Cc1nonc1CC(=O)N1CCCCC1c1nc(N(C)C)ncc1-c1cccc(F)c1. The van der Waals surface area contributed by atoms with E-state index in [0.29, 0.717) is 29.4 Å². The van der Waals surface area contributed by atoms with E-state index < -0.39 is 0 Å². The fourth-order valence-electron chi connectivity index (χ4n) is 3.90. The fourth-order valence-corrected chi connectivity index (χ4v) is 3.90. The number of benzene rings is 1. The lowest BCUT2D eigenvalue weighted by Crippen LogP contribution is -2.40. The van der Waals surface area contributed by atoms with Crippen molar-refractivity contribution in [2.24, 2.45) is 0 Å². The third-order valence-corrected chi connectivity index (χ3v) is 5.55. The number of nitrogens with zero attached hydrogens (tertiary/aromatic N) is 6. The maximum Gasteiger partial charge on any atom is 0.229 e. The average Bonchev–Trinajstić information content (AvgIpc) is 3.17. The minimum Gasteiger partial charge on any atom is -0.347 e. The fraction of sp³-hybridized carbons (Fsp3) is 0.409. The molecule has 0 saturated carbocycles. The summed E-state index contributed by atoms with van der Waals surface area (Å²) in [6.45, 7) is 2.39. The van der Waals surface area contributed by atoms with E-state index in [1.807, 2.05) is 30.0 Å². The molecule has 162 valence electrons. The van der Waals surface area contributed by atoms with Gasteiger partial charge in [-0.15, -0.1) is 0 Å². The van der Waals surface area contributed by atoms with Gasteiger partial charge in [0.05, 0.1) is 18.2 Å². The van der Waals surface area contributed by atoms with Crippen LogP contribution in [0.15, 0.2) is 35.1 Å². The van der Waals surface area contributed by atoms with Crippen LogP contribution in [0.25, 0.3) is 11.1 Å². The monoisotopic (exact) mass is 424 g/mol. The van der Waals surface area contributed by atoms with Gasteiger partial charge in [-0.05, 0) is 43.9 Å². The number of likely N-dealkylation sites (tertiary alicyclic amines) is 1. The molecule has 8 nitrogen and oxygen atoms in total. The predicted octanol–water partition coefficient (Wildman–Crippen LogP) is 3.34. The lowest BCUT2D eigenvalue weighted by Gasteiger charge is -2.36. The average molecular weight is 424 g/mol. The van der Waals surface area contributed by atoms with Gasteiger partial charge in [-0.3, -0.25) is 4.79 Å². The number of carbonyl (C=O) groups excluding carboxylic acids is 1. The summed E-state index contributed by atoms with van der Waals surface area (Å²) in [4.78, 5) is 26.1. The van der Waals surface area contributed by atoms with E-state index in [0.717, 1.165) is 30.5 Å². The van der Waals surface area contributed by atoms with E-state index >= 15 is 0 Å². The Hall–Kier alpha value is -3.36. The summed E-state index contributed by atoms with van der Waals surface area (Å²) in [6, 6.07) is 6.14. The number of halogens is 1. The minimum atomic E-state index is -0.328. The third kappa shape index (κ3) is 4.40. The summed E-state index contributed by atoms with van der Waals surface area (Å²) in [5, 5.41) is 7.62. The first-order valence-corrected chi connectivity index (χ1v) is 10.3. The second-order valence-corrected chi connectivity index (χ2v) is 7.95. The summed E-state index contributed by atoms with van der Waals surface area (Å²) in [7, 11) is 3.73. The molecule has 2 aromatic heterocycles. The van der Waals surface area contributed by atoms with Crippen molar-refractivity contribution in [2.45, 2.75) is 38.6 Å². The molecule has 1 aromatic carbocycles. The Balaban J connectivity index is 1.74. The Labute approximate surface area is 180 Å². The summed E-state index contributed by atoms with van der Waals surface area (Å²) >= 11 is 0. The third-order valence-electron chi connectivity index (χ3n) is 5.55. The largest absolute Gasteiger partial charge is 0.347 e. The van der Waals surface area contributed by atoms with E-state index in [4.69, 9.17) is 9.61 Å². The predicted molar refractivity (Wildman–Crippen MR) is 113 cm³/mol. The Kier molecular flexibility index (Phi) is 5.92. The van der Waals surface area contributed by atoms with Crippen molar-refractivity contribution >= 4 is 11.9 Å².